The van der Waals surface area contributed by atoms with E-state index in [9.17, 15) is 23.1 Å². The van der Waals surface area contributed by atoms with Crippen LogP contribution in [0.2, 0.25) is 0 Å². The third-order valence-corrected chi connectivity index (χ3v) is 4.90. The number of amides is 1. The lowest BCUT2D eigenvalue weighted by Gasteiger charge is -2.36. The molecular weight excluding hydrogens is 371 g/mol. The van der Waals surface area contributed by atoms with Crippen molar-refractivity contribution in [3.05, 3.63) is 48.3 Å². The zero-order valence-corrected chi connectivity index (χ0v) is 16.3. The second-order valence-electron chi connectivity index (χ2n) is 7.09. The summed E-state index contributed by atoms with van der Waals surface area (Å²) in [5.74, 6) is -1.26. The first-order valence-corrected chi connectivity index (χ1v) is 9.13. The van der Waals surface area contributed by atoms with E-state index in [1.165, 1.54) is 0 Å². The summed E-state index contributed by atoms with van der Waals surface area (Å²) in [5.41, 5.74) is -0.769. The van der Waals surface area contributed by atoms with Crippen molar-refractivity contribution in [1.82, 2.24) is 14.7 Å². The highest BCUT2D eigenvalue weighted by molar-refractivity contribution is 5.85. The highest BCUT2D eigenvalue weighted by Crippen LogP contribution is 2.35. The zero-order chi connectivity index (χ0) is 21.1. The maximum atomic E-state index is 12.9. The smallest absolute Gasteiger partial charge is 0.373 e. The highest BCUT2D eigenvalue weighted by atomic mass is 19.4. The number of likely N-dealkylation sites (tertiary alicyclic amines) is 1. The standard InChI is InChI=1S/C20H26F3N3O2/c1-5-7-16(8-6-2)26-17(13-14(3)24-26)15-9-11-25(12-10-15)18(27)19(4,28)20(21,22)23/h5-8,13,15,28H,1,9-12H2,2-4H3/b8-6-,16-7+. The normalized spacial score (nSPS) is 19.1. The van der Waals surface area contributed by atoms with E-state index < -0.39 is 17.7 Å². The van der Waals surface area contributed by atoms with Crippen LogP contribution in [-0.4, -0.2) is 50.6 Å². The number of allylic oxidation sites excluding steroid dienone is 5. The van der Waals surface area contributed by atoms with Crippen LogP contribution in [0.15, 0.2) is 36.9 Å². The Balaban J connectivity index is 2.20. The van der Waals surface area contributed by atoms with Gasteiger partial charge in [-0.15, -0.1) is 0 Å². The molecule has 154 valence electrons. The fourth-order valence-corrected chi connectivity index (χ4v) is 3.31. The first-order valence-electron chi connectivity index (χ1n) is 9.13. The zero-order valence-electron chi connectivity index (χ0n) is 16.3. The Morgan fingerprint density at radius 2 is 1.96 bits per heavy atom. The number of rotatable bonds is 5. The molecule has 1 aliphatic heterocycles. The molecule has 0 saturated carbocycles. The van der Waals surface area contributed by atoms with Crippen molar-refractivity contribution in [2.45, 2.75) is 51.3 Å². The molecule has 1 aliphatic rings. The Bertz CT molecular complexity index is 783. The number of hydrogen-bond donors (Lipinski definition) is 1. The summed E-state index contributed by atoms with van der Waals surface area (Å²) < 4.78 is 40.6. The lowest BCUT2D eigenvalue weighted by molar-refractivity contribution is -0.250. The number of aromatic nitrogens is 2. The van der Waals surface area contributed by atoms with Gasteiger partial charge >= 0.3 is 6.18 Å². The van der Waals surface area contributed by atoms with Gasteiger partial charge in [0.25, 0.3) is 5.91 Å². The van der Waals surface area contributed by atoms with Gasteiger partial charge in [0.05, 0.1) is 11.4 Å². The van der Waals surface area contributed by atoms with Gasteiger partial charge in [0.1, 0.15) is 0 Å². The third-order valence-electron chi connectivity index (χ3n) is 4.90. The predicted octanol–water partition coefficient (Wildman–Crippen LogP) is 3.81. The largest absolute Gasteiger partial charge is 0.426 e. The fraction of sp³-hybridized carbons (Fsp3) is 0.500. The summed E-state index contributed by atoms with van der Waals surface area (Å²) in [4.78, 5) is 13.3. The van der Waals surface area contributed by atoms with Gasteiger partial charge in [-0.1, -0.05) is 18.7 Å². The molecule has 1 atom stereocenters. The Kier molecular flexibility index (Phi) is 6.54. The second-order valence-corrected chi connectivity index (χ2v) is 7.09. The van der Waals surface area contributed by atoms with E-state index in [0.717, 1.165) is 22.0 Å². The van der Waals surface area contributed by atoms with Gasteiger partial charge in [0.15, 0.2) is 0 Å². The van der Waals surface area contributed by atoms with E-state index in [1.807, 2.05) is 42.8 Å². The summed E-state index contributed by atoms with van der Waals surface area (Å²) in [6, 6.07) is 1.95. The number of aryl methyl sites for hydroxylation is 1. The van der Waals surface area contributed by atoms with Crippen LogP contribution in [0.5, 0.6) is 0 Å². The van der Waals surface area contributed by atoms with E-state index in [0.29, 0.717) is 19.8 Å². The van der Waals surface area contributed by atoms with Crippen LogP contribution < -0.4 is 0 Å². The van der Waals surface area contributed by atoms with E-state index in [2.05, 4.69) is 11.7 Å². The van der Waals surface area contributed by atoms with Crippen molar-refractivity contribution >= 4 is 11.6 Å². The minimum Gasteiger partial charge on any atom is -0.373 e. The van der Waals surface area contributed by atoms with Gasteiger partial charge < -0.3 is 10.0 Å². The quantitative estimate of drug-likeness (QED) is 0.769. The van der Waals surface area contributed by atoms with Crippen LogP contribution in [-0.2, 0) is 4.79 Å². The monoisotopic (exact) mass is 397 g/mol. The summed E-state index contributed by atoms with van der Waals surface area (Å²) in [5, 5.41) is 14.2. The molecule has 1 saturated heterocycles. The average molecular weight is 397 g/mol. The van der Waals surface area contributed by atoms with Crippen molar-refractivity contribution in [2.24, 2.45) is 0 Å². The lowest BCUT2D eigenvalue weighted by Crippen LogP contribution is -2.57. The van der Waals surface area contributed by atoms with Crippen molar-refractivity contribution < 1.29 is 23.1 Å². The summed E-state index contributed by atoms with van der Waals surface area (Å²) in [7, 11) is 0. The van der Waals surface area contributed by atoms with Gasteiger partial charge in [-0.25, -0.2) is 4.68 Å². The van der Waals surface area contributed by atoms with Crippen molar-refractivity contribution in [2.75, 3.05) is 13.1 Å². The van der Waals surface area contributed by atoms with Crippen LogP contribution in [0.25, 0.3) is 5.70 Å². The Morgan fingerprint density at radius 1 is 1.36 bits per heavy atom. The van der Waals surface area contributed by atoms with Crippen LogP contribution >= 0.6 is 0 Å². The molecule has 0 aromatic carbocycles. The number of carbonyl (C=O) groups is 1. The maximum absolute atomic E-state index is 12.9. The van der Waals surface area contributed by atoms with Crippen LogP contribution in [0.1, 0.15) is 44.0 Å². The number of hydrogen-bond acceptors (Lipinski definition) is 3. The average Bonchev–Trinajstić information content (AvgIpc) is 3.01. The lowest BCUT2D eigenvalue weighted by atomic mass is 9.91. The molecule has 1 aromatic heterocycles. The molecule has 1 N–H and O–H groups in total. The molecule has 0 bridgehead atoms. The summed E-state index contributed by atoms with van der Waals surface area (Å²) in [6.45, 7) is 8.28. The van der Waals surface area contributed by atoms with Gasteiger partial charge in [-0.3, -0.25) is 4.79 Å². The van der Waals surface area contributed by atoms with E-state index in [1.54, 1.807) is 6.08 Å². The number of piperidine rings is 1. The molecule has 0 aliphatic carbocycles. The minimum atomic E-state index is -5.01. The molecule has 28 heavy (non-hydrogen) atoms. The molecule has 5 nitrogen and oxygen atoms in total. The molecule has 8 heteroatoms. The first-order chi connectivity index (χ1) is 13.0. The molecule has 0 spiro atoms. The van der Waals surface area contributed by atoms with Crippen molar-refractivity contribution in [3.8, 4) is 0 Å². The number of halogens is 3. The molecule has 2 heterocycles. The maximum Gasteiger partial charge on any atom is 0.426 e. The topological polar surface area (TPSA) is 58.4 Å². The highest BCUT2D eigenvalue weighted by Gasteiger charge is 2.57. The molecule has 1 unspecified atom stereocenters. The van der Waals surface area contributed by atoms with E-state index in [-0.39, 0.29) is 19.0 Å². The van der Waals surface area contributed by atoms with E-state index in [4.69, 9.17) is 0 Å². The number of carbonyl (C=O) groups excluding carboxylic acids is 1. The van der Waals surface area contributed by atoms with Gasteiger partial charge in [0, 0.05) is 24.7 Å². The molecule has 1 fully saturated rings. The predicted molar refractivity (Wildman–Crippen MR) is 101 cm³/mol. The molecule has 2 rings (SSSR count). The van der Waals surface area contributed by atoms with Crippen molar-refractivity contribution in [1.29, 1.82) is 0 Å². The number of aliphatic hydroxyl groups is 1. The van der Waals surface area contributed by atoms with Crippen LogP contribution in [0, 0.1) is 6.92 Å². The van der Waals surface area contributed by atoms with Crippen LogP contribution in [0.3, 0.4) is 0 Å². The van der Waals surface area contributed by atoms with Crippen LogP contribution in [0.4, 0.5) is 13.2 Å². The SMILES string of the molecule is C=C/C=C(\C=C/C)n1nc(C)cc1C1CCN(C(=O)C(C)(O)C(F)(F)F)CC1. The second kappa shape index (κ2) is 8.34. The first kappa shape index (κ1) is 21.9. The molecule has 1 aromatic rings. The Hall–Kier alpha value is -2.35. The molecule has 0 radical (unpaired) electrons. The fourth-order valence-electron chi connectivity index (χ4n) is 3.31. The molecular formula is C20H26F3N3O2. The molecule has 1 amide bonds. The Labute approximate surface area is 162 Å². The van der Waals surface area contributed by atoms with E-state index >= 15 is 0 Å². The van der Waals surface area contributed by atoms with Crippen molar-refractivity contribution in [3.63, 3.8) is 0 Å². The van der Waals surface area contributed by atoms with Gasteiger partial charge in [-0.05, 0) is 51.8 Å². The Morgan fingerprint density at radius 3 is 2.46 bits per heavy atom. The third kappa shape index (κ3) is 4.38. The minimum absolute atomic E-state index is 0.0413. The number of nitrogens with zero attached hydrogens (tertiary/aromatic N) is 3. The van der Waals surface area contributed by atoms with Gasteiger partial charge in [-0.2, -0.15) is 18.3 Å². The number of alkyl halides is 3. The van der Waals surface area contributed by atoms with Gasteiger partial charge in [0.2, 0.25) is 5.60 Å². The summed E-state index contributed by atoms with van der Waals surface area (Å²) >= 11 is 0. The summed E-state index contributed by atoms with van der Waals surface area (Å²) in [6.07, 6.45) is 3.25.